The maximum atomic E-state index is 13.2. The van der Waals surface area contributed by atoms with Crippen molar-refractivity contribution in [2.45, 2.75) is 38.6 Å². The zero-order valence-corrected chi connectivity index (χ0v) is 20.4. The van der Waals surface area contributed by atoms with E-state index < -0.39 is 16.0 Å². The predicted octanol–water partition coefficient (Wildman–Crippen LogP) is 1.81. The molecule has 188 valence electrons. The molecule has 2 aromatic rings. The number of hydrogen-bond donors (Lipinski definition) is 3. The first-order valence-electron chi connectivity index (χ1n) is 10.6. The quantitative estimate of drug-likeness (QED) is 0.366. The molecule has 0 amide bonds. The van der Waals surface area contributed by atoms with E-state index in [2.05, 4.69) is 17.9 Å². The van der Waals surface area contributed by atoms with Crippen LogP contribution in [-0.4, -0.2) is 60.7 Å². The number of rotatable bonds is 8. The summed E-state index contributed by atoms with van der Waals surface area (Å²) < 4.78 is 40.0. The molecule has 0 bridgehead atoms. The molecule has 34 heavy (non-hydrogen) atoms. The van der Waals surface area contributed by atoms with Gasteiger partial charge in [-0.2, -0.15) is 0 Å². The van der Waals surface area contributed by atoms with Gasteiger partial charge < -0.3 is 25.4 Å². The van der Waals surface area contributed by atoms with E-state index in [4.69, 9.17) is 25.4 Å². The number of nitrogens with two attached hydrogens (primary N) is 1. The number of aryl methyl sites for hydroxylation is 1. The van der Waals surface area contributed by atoms with Gasteiger partial charge in [-0.05, 0) is 31.5 Å². The number of nitrogens with zero attached hydrogens (tertiary/aromatic N) is 3. The number of sulfonamides is 1. The molecule has 4 N–H and O–H groups in total. The molecular weight excluding hydrogens is 464 g/mol. The van der Waals surface area contributed by atoms with Crippen LogP contribution in [0.2, 0.25) is 0 Å². The summed E-state index contributed by atoms with van der Waals surface area (Å²) in [6.45, 7) is 5.97. The monoisotopic (exact) mass is 496 g/mol. The highest BCUT2D eigenvalue weighted by atomic mass is 32.2. The van der Waals surface area contributed by atoms with Crippen LogP contribution < -0.4 is 19.5 Å². The number of terminal acetylenes is 1. The molecule has 0 saturated carbocycles. The topological polar surface area (TPSA) is 157 Å². The number of benzene rings is 1. The van der Waals surface area contributed by atoms with Gasteiger partial charge in [-0.1, -0.05) is 13.8 Å². The number of carbonyl (C=O) groups is 1. The highest BCUT2D eigenvalue weighted by Crippen LogP contribution is 2.38. The van der Waals surface area contributed by atoms with E-state index in [0.29, 0.717) is 23.7 Å². The summed E-state index contributed by atoms with van der Waals surface area (Å²) in [4.78, 5) is 9.87. The summed E-state index contributed by atoms with van der Waals surface area (Å²) in [5.74, 6) is -0.472. The molecule has 12 heteroatoms. The summed E-state index contributed by atoms with van der Waals surface area (Å²) >= 11 is 0. The standard InChI is InChI=1S/C15H20N4O5S.C5H10O2.C2H2/c1-2-18-10-14(15(17-18)24-8-6-20)25(21,22)19-5-7-23-13-4-3-11(16)9-12(13)19;1-3-4(2)5(6)7;1-2/h3-4,9-10,20H,2,5-8,16H2,1H3;4H,3H2,1-2H3,(H,6,7);1-2H/t;4-;/m.0./s1. The zero-order valence-electron chi connectivity index (χ0n) is 19.5. The minimum Gasteiger partial charge on any atom is -0.489 e. The molecule has 2 heterocycles. The molecule has 0 fully saturated rings. The predicted molar refractivity (Wildman–Crippen MR) is 128 cm³/mol. The number of nitrogen functional groups attached to an aromatic ring is 1. The van der Waals surface area contributed by atoms with Gasteiger partial charge in [-0.15, -0.1) is 17.9 Å². The molecule has 1 aliphatic heterocycles. The minimum absolute atomic E-state index is 0.0344. The lowest BCUT2D eigenvalue weighted by molar-refractivity contribution is -0.141. The molecule has 0 aliphatic carbocycles. The molecule has 1 aromatic carbocycles. The van der Waals surface area contributed by atoms with Gasteiger partial charge in [0.2, 0.25) is 0 Å². The lowest BCUT2D eigenvalue weighted by atomic mass is 10.1. The Hall–Kier alpha value is -3.43. The first-order valence-corrected chi connectivity index (χ1v) is 12.0. The maximum absolute atomic E-state index is 13.2. The first-order chi connectivity index (χ1) is 16.1. The first kappa shape index (κ1) is 28.6. The minimum atomic E-state index is -3.93. The van der Waals surface area contributed by atoms with Crippen LogP contribution in [0.25, 0.3) is 0 Å². The fourth-order valence-electron chi connectivity index (χ4n) is 2.72. The van der Waals surface area contributed by atoms with Crippen molar-refractivity contribution in [3.8, 4) is 24.5 Å². The van der Waals surface area contributed by atoms with E-state index in [-0.39, 0.29) is 43.1 Å². The van der Waals surface area contributed by atoms with Crippen LogP contribution in [0.3, 0.4) is 0 Å². The number of carboxylic acid groups (broad SMARTS) is 1. The Morgan fingerprint density at radius 3 is 2.56 bits per heavy atom. The summed E-state index contributed by atoms with van der Waals surface area (Å²) in [6.07, 6.45) is 10.1. The van der Waals surface area contributed by atoms with Gasteiger partial charge >= 0.3 is 5.97 Å². The number of aliphatic hydroxyl groups excluding tert-OH is 1. The van der Waals surface area contributed by atoms with Crippen LogP contribution in [0.1, 0.15) is 27.2 Å². The summed E-state index contributed by atoms with van der Waals surface area (Å²) in [5, 5.41) is 21.2. The van der Waals surface area contributed by atoms with Gasteiger partial charge in [-0.3, -0.25) is 13.8 Å². The van der Waals surface area contributed by atoms with Gasteiger partial charge in [0.1, 0.15) is 19.0 Å². The fourth-order valence-corrected chi connectivity index (χ4v) is 4.25. The highest BCUT2D eigenvalue weighted by molar-refractivity contribution is 7.93. The van der Waals surface area contributed by atoms with Crippen molar-refractivity contribution in [1.82, 2.24) is 9.78 Å². The molecule has 0 unspecified atom stereocenters. The Morgan fingerprint density at radius 2 is 2.03 bits per heavy atom. The number of aliphatic carboxylic acids is 1. The maximum Gasteiger partial charge on any atom is 0.306 e. The van der Waals surface area contributed by atoms with Gasteiger partial charge in [0.05, 0.1) is 24.8 Å². The summed E-state index contributed by atoms with van der Waals surface area (Å²) in [5.41, 5.74) is 6.62. The third-order valence-electron chi connectivity index (χ3n) is 4.76. The van der Waals surface area contributed by atoms with E-state index in [0.717, 1.165) is 6.42 Å². The molecule has 0 radical (unpaired) electrons. The van der Waals surface area contributed by atoms with E-state index in [1.807, 2.05) is 13.8 Å². The molecule has 0 saturated heterocycles. The Morgan fingerprint density at radius 1 is 1.35 bits per heavy atom. The van der Waals surface area contributed by atoms with Crippen molar-refractivity contribution in [2.75, 3.05) is 36.4 Å². The smallest absolute Gasteiger partial charge is 0.306 e. The van der Waals surface area contributed by atoms with Crippen molar-refractivity contribution in [3.63, 3.8) is 0 Å². The average Bonchev–Trinajstić information content (AvgIpc) is 3.27. The van der Waals surface area contributed by atoms with Crippen molar-refractivity contribution >= 4 is 27.4 Å². The number of hydrogen-bond acceptors (Lipinski definition) is 8. The Balaban J connectivity index is 0.000000553. The second kappa shape index (κ2) is 13.3. The average molecular weight is 497 g/mol. The summed E-state index contributed by atoms with van der Waals surface area (Å²) in [7, 11) is -3.93. The van der Waals surface area contributed by atoms with Gasteiger partial charge in [0.25, 0.3) is 15.9 Å². The number of carboxylic acids is 1. The molecule has 3 rings (SSSR count). The second-order valence-electron chi connectivity index (χ2n) is 7.03. The van der Waals surface area contributed by atoms with E-state index in [9.17, 15) is 13.2 Å². The van der Waals surface area contributed by atoms with Crippen molar-refractivity contribution < 1.29 is 32.9 Å². The van der Waals surface area contributed by atoms with Crippen molar-refractivity contribution in [2.24, 2.45) is 5.92 Å². The lowest BCUT2D eigenvalue weighted by Crippen LogP contribution is -2.38. The largest absolute Gasteiger partial charge is 0.489 e. The van der Waals surface area contributed by atoms with Crippen LogP contribution >= 0.6 is 0 Å². The van der Waals surface area contributed by atoms with Crippen molar-refractivity contribution in [3.05, 3.63) is 24.4 Å². The number of ether oxygens (including phenoxy) is 2. The van der Waals surface area contributed by atoms with Gasteiger partial charge in [0, 0.05) is 18.4 Å². The van der Waals surface area contributed by atoms with E-state index in [1.54, 1.807) is 25.1 Å². The van der Waals surface area contributed by atoms with Crippen LogP contribution in [-0.2, 0) is 21.4 Å². The Kier molecular flexibility index (Phi) is 11.2. The molecule has 11 nitrogen and oxygen atoms in total. The fraction of sp³-hybridized carbons (Fsp3) is 0.455. The molecule has 1 atom stereocenters. The molecule has 1 aromatic heterocycles. The third-order valence-corrected chi connectivity index (χ3v) is 6.55. The number of anilines is 2. The van der Waals surface area contributed by atoms with Crippen molar-refractivity contribution in [1.29, 1.82) is 0 Å². The van der Waals surface area contributed by atoms with Crippen LogP contribution in [0.15, 0.2) is 29.3 Å². The number of aliphatic hydroxyl groups is 1. The van der Waals surface area contributed by atoms with Gasteiger partial charge in [0.15, 0.2) is 4.90 Å². The number of aromatic nitrogens is 2. The van der Waals surface area contributed by atoms with Crippen LogP contribution in [0.5, 0.6) is 11.6 Å². The zero-order chi connectivity index (χ0) is 25.9. The van der Waals surface area contributed by atoms with E-state index in [1.165, 1.54) is 15.2 Å². The Bertz CT molecular complexity index is 1070. The highest BCUT2D eigenvalue weighted by Gasteiger charge is 2.34. The summed E-state index contributed by atoms with van der Waals surface area (Å²) in [6, 6.07) is 4.86. The molecule has 0 spiro atoms. The van der Waals surface area contributed by atoms with E-state index >= 15 is 0 Å². The van der Waals surface area contributed by atoms with Crippen LogP contribution in [0, 0.1) is 18.8 Å². The van der Waals surface area contributed by atoms with Gasteiger partial charge in [-0.25, -0.2) is 8.42 Å². The SMILES string of the molecule is C#C.CC[C@H](C)C(=O)O.CCn1cc(S(=O)(=O)N2CCOc3ccc(N)cc32)c(OCCO)n1. The number of fused-ring (bicyclic) bond motifs is 1. The second-order valence-corrected chi connectivity index (χ2v) is 8.86. The third kappa shape index (κ3) is 7.03. The Labute approximate surface area is 200 Å². The molecular formula is C22H32N4O7S. The molecule has 1 aliphatic rings. The lowest BCUT2D eigenvalue weighted by Gasteiger charge is -2.30. The van der Waals surface area contributed by atoms with Crippen LogP contribution in [0.4, 0.5) is 11.4 Å². The normalized spacial score (nSPS) is 13.2.